The summed E-state index contributed by atoms with van der Waals surface area (Å²) >= 11 is 1.79. The predicted molar refractivity (Wildman–Crippen MR) is 113 cm³/mol. The molecule has 1 aliphatic heterocycles. The van der Waals surface area contributed by atoms with Gasteiger partial charge in [0, 0.05) is 37.6 Å². The van der Waals surface area contributed by atoms with Crippen LogP contribution in [0.3, 0.4) is 0 Å². The minimum Gasteiger partial charge on any atom is -0.353 e. The van der Waals surface area contributed by atoms with Gasteiger partial charge in [-0.15, -0.1) is 11.3 Å². The predicted octanol–water partition coefficient (Wildman–Crippen LogP) is 4.56. The SMILES string of the molecule is FC(F)(F)c1ccccc1CCN1CCN(c2ncnc3sc4c(c23)CCC4)CC1. The summed E-state index contributed by atoms with van der Waals surface area (Å²) in [5.41, 5.74) is 1.29. The highest BCUT2D eigenvalue weighted by atomic mass is 32.1. The van der Waals surface area contributed by atoms with Crippen LogP contribution in [0.2, 0.25) is 0 Å². The Balaban J connectivity index is 1.26. The zero-order chi connectivity index (χ0) is 20.7. The van der Waals surface area contributed by atoms with Crippen LogP contribution in [0.5, 0.6) is 0 Å². The molecular weight excluding hydrogens is 409 g/mol. The number of rotatable bonds is 4. The van der Waals surface area contributed by atoms with E-state index >= 15 is 0 Å². The highest BCUT2D eigenvalue weighted by molar-refractivity contribution is 7.19. The molecule has 0 amide bonds. The van der Waals surface area contributed by atoms with Crippen LogP contribution < -0.4 is 4.90 Å². The number of anilines is 1. The molecule has 30 heavy (non-hydrogen) atoms. The largest absolute Gasteiger partial charge is 0.416 e. The highest BCUT2D eigenvalue weighted by Crippen LogP contribution is 2.40. The van der Waals surface area contributed by atoms with Crippen molar-refractivity contribution in [2.75, 3.05) is 37.6 Å². The molecular formula is C22H23F3N4S. The van der Waals surface area contributed by atoms with Crippen LogP contribution in [0.4, 0.5) is 19.0 Å². The number of fused-ring (bicyclic) bond motifs is 3. The lowest BCUT2D eigenvalue weighted by molar-refractivity contribution is -0.138. The van der Waals surface area contributed by atoms with Crippen LogP contribution in [0.15, 0.2) is 30.6 Å². The first-order valence-corrected chi connectivity index (χ1v) is 11.2. The monoisotopic (exact) mass is 432 g/mol. The van der Waals surface area contributed by atoms with Gasteiger partial charge in [-0.1, -0.05) is 18.2 Å². The van der Waals surface area contributed by atoms with E-state index in [1.165, 1.54) is 34.4 Å². The van der Waals surface area contributed by atoms with Crippen LogP contribution in [0.1, 0.15) is 28.0 Å². The molecule has 0 bridgehead atoms. The Morgan fingerprint density at radius 3 is 2.60 bits per heavy atom. The van der Waals surface area contributed by atoms with E-state index in [-0.39, 0.29) is 0 Å². The third-order valence-electron chi connectivity index (χ3n) is 6.17. The number of piperazine rings is 1. The van der Waals surface area contributed by atoms with Crippen LogP contribution in [-0.2, 0) is 25.4 Å². The maximum atomic E-state index is 13.2. The van der Waals surface area contributed by atoms with E-state index in [1.807, 2.05) is 0 Å². The lowest BCUT2D eigenvalue weighted by atomic mass is 10.0. The first kappa shape index (κ1) is 19.8. The minimum atomic E-state index is -4.30. The van der Waals surface area contributed by atoms with E-state index in [9.17, 15) is 13.2 Å². The van der Waals surface area contributed by atoms with Crippen molar-refractivity contribution in [3.63, 3.8) is 0 Å². The average molecular weight is 433 g/mol. The van der Waals surface area contributed by atoms with Gasteiger partial charge in [-0.25, -0.2) is 9.97 Å². The van der Waals surface area contributed by atoms with Gasteiger partial charge in [-0.3, -0.25) is 4.90 Å². The van der Waals surface area contributed by atoms with Gasteiger partial charge in [0.15, 0.2) is 0 Å². The first-order chi connectivity index (χ1) is 14.5. The second-order valence-corrected chi connectivity index (χ2v) is 9.05. The molecule has 1 fully saturated rings. The van der Waals surface area contributed by atoms with Gasteiger partial charge >= 0.3 is 6.18 Å². The number of nitrogens with zero attached hydrogens (tertiary/aromatic N) is 4. The fraction of sp³-hybridized carbons (Fsp3) is 0.455. The summed E-state index contributed by atoms with van der Waals surface area (Å²) in [5, 5.41) is 1.22. The van der Waals surface area contributed by atoms with Crippen molar-refractivity contribution < 1.29 is 13.2 Å². The fourth-order valence-corrected chi connectivity index (χ4v) is 5.85. The molecule has 3 heterocycles. The Labute approximate surface area is 177 Å². The number of thiophene rings is 1. The maximum Gasteiger partial charge on any atom is 0.416 e. The zero-order valence-electron chi connectivity index (χ0n) is 16.6. The highest BCUT2D eigenvalue weighted by Gasteiger charge is 2.33. The van der Waals surface area contributed by atoms with Crippen LogP contribution in [0, 0.1) is 0 Å². The van der Waals surface area contributed by atoms with E-state index < -0.39 is 11.7 Å². The van der Waals surface area contributed by atoms with Gasteiger partial charge in [0.2, 0.25) is 0 Å². The summed E-state index contributed by atoms with van der Waals surface area (Å²) in [6.07, 6.45) is 1.22. The molecule has 0 N–H and O–H groups in total. The van der Waals surface area contributed by atoms with Gasteiger partial charge in [-0.2, -0.15) is 13.2 Å². The molecule has 5 rings (SSSR count). The lowest BCUT2D eigenvalue weighted by Gasteiger charge is -2.35. The van der Waals surface area contributed by atoms with Crippen molar-refractivity contribution in [1.29, 1.82) is 0 Å². The molecule has 2 aromatic heterocycles. The summed E-state index contributed by atoms with van der Waals surface area (Å²) < 4.78 is 39.7. The molecule has 158 valence electrons. The fourth-order valence-electron chi connectivity index (χ4n) is 4.63. The third-order valence-corrected chi connectivity index (χ3v) is 7.37. The summed E-state index contributed by atoms with van der Waals surface area (Å²) in [6.45, 7) is 3.95. The Kier molecular flexibility index (Phi) is 5.14. The molecule has 0 spiro atoms. The molecule has 1 aliphatic carbocycles. The van der Waals surface area contributed by atoms with Crippen molar-refractivity contribution in [3.8, 4) is 0 Å². The number of hydrogen-bond donors (Lipinski definition) is 0. The standard InChI is InChI=1S/C22H23F3N4S/c23-22(24,25)17-6-2-1-4-15(17)8-9-28-10-12-29(13-11-28)20-19-16-5-3-7-18(16)30-21(19)27-14-26-20/h1-2,4,6,14H,3,5,7-13H2. The molecule has 4 nitrogen and oxygen atoms in total. The van der Waals surface area contributed by atoms with Crippen LogP contribution >= 0.6 is 11.3 Å². The Morgan fingerprint density at radius 1 is 1.00 bits per heavy atom. The smallest absolute Gasteiger partial charge is 0.353 e. The van der Waals surface area contributed by atoms with Crippen molar-refractivity contribution in [3.05, 3.63) is 52.2 Å². The normalized spacial score (nSPS) is 17.6. The van der Waals surface area contributed by atoms with Gasteiger partial charge in [-0.05, 0) is 42.9 Å². The molecule has 8 heteroatoms. The molecule has 3 aromatic rings. The molecule has 1 saturated heterocycles. The topological polar surface area (TPSA) is 32.3 Å². The zero-order valence-corrected chi connectivity index (χ0v) is 17.4. The van der Waals surface area contributed by atoms with Crippen LogP contribution in [-0.4, -0.2) is 47.6 Å². The number of aryl methyl sites for hydroxylation is 2. The van der Waals surface area contributed by atoms with E-state index in [2.05, 4.69) is 19.8 Å². The molecule has 0 atom stereocenters. The summed E-state index contributed by atoms with van der Waals surface area (Å²) in [4.78, 5) is 16.2. The van der Waals surface area contributed by atoms with Gasteiger partial charge in [0.05, 0.1) is 10.9 Å². The molecule has 2 aliphatic rings. The second kappa shape index (κ2) is 7.81. The molecule has 0 radical (unpaired) electrons. The summed E-state index contributed by atoms with van der Waals surface area (Å²) in [7, 11) is 0. The quantitative estimate of drug-likeness (QED) is 0.605. The number of benzene rings is 1. The van der Waals surface area contributed by atoms with Crippen LogP contribution in [0.25, 0.3) is 10.2 Å². The van der Waals surface area contributed by atoms with Gasteiger partial charge < -0.3 is 4.90 Å². The number of alkyl halides is 3. The first-order valence-electron chi connectivity index (χ1n) is 10.4. The minimum absolute atomic E-state index is 0.374. The number of halogens is 3. The summed E-state index contributed by atoms with van der Waals surface area (Å²) in [5.74, 6) is 1.03. The number of hydrogen-bond acceptors (Lipinski definition) is 5. The van der Waals surface area contributed by atoms with Gasteiger partial charge in [0.25, 0.3) is 0 Å². The van der Waals surface area contributed by atoms with Crippen molar-refractivity contribution in [2.45, 2.75) is 31.9 Å². The molecule has 0 saturated carbocycles. The lowest BCUT2D eigenvalue weighted by Crippen LogP contribution is -2.47. The van der Waals surface area contributed by atoms with E-state index in [0.717, 1.165) is 49.7 Å². The maximum absolute atomic E-state index is 13.2. The van der Waals surface area contributed by atoms with Crippen molar-refractivity contribution in [2.24, 2.45) is 0 Å². The van der Waals surface area contributed by atoms with E-state index in [4.69, 9.17) is 0 Å². The Bertz CT molecular complexity index is 1050. The molecule has 1 aromatic carbocycles. The van der Waals surface area contributed by atoms with E-state index in [1.54, 1.807) is 29.8 Å². The number of aromatic nitrogens is 2. The summed E-state index contributed by atoms with van der Waals surface area (Å²) in [6, 6.07) is 5.90. The second-order valence-electron chi connectivity index (χ2n) is 7.97. The van der Waals surface area contributed by atoms with Crippen molar-refractivity contribution >= 4 is 27.4 Å². The third kappa shape index (κ3) is 3.67. The van der Waals surface area contributed by atoms with Gasteiger partial charge in [0.1, 0.15) is 17.0 Å². The van der Waals surface area contributed by atoms with E-state index in [0.29, 0.717) is 18.5 Å². The average Bonchev–Trinajstić information content (AvgIpc) is 3.33. The molecule has 0 unspecified atom stereocenters. The van der Waals surface area contributed by atoms with Crippen molar-refractivity contribution in [1.82, 2.24) is 14.9 Å². The Hall–Kier alpha value is -2.19. The Morgan fingerprint density at radius 2 is 1.80 bits per heavy atom.